The molecule has 4 nitrogen and oxygen atoms in total. The van der Waals surface area contributed by atoms with Crippen molar-refractivity contribution in [2.24, 2.45) is 0 Å². The number of benzene rings is 2. The van der Waals surface area contributed by atoms with E-state index >= 15 is 0 Å². The zero-order chi connectivity index (χ0) is 22.2. The van der Waals surface area contributed by atoms with Crippen LogP contribution in [0.15, 0.2) is 54.7 Å². The Labute approximate surface area is 186 Å². The van der Waals surface area contributed by atoms with Crippen LogP contribution in [0.5, 0.6) is 0 Å². The fourth-order valence-corrected chi connectivity index (χ4v) is 3.94. The highest BCUT2D eigenvalue weighted by Gasteiger charge is 2.24. The normalized spacial score (nSPS) is 14.6. The van der Waals surface area contributed by atoms with Crippen LogP contribution in [0.2, 0.25) is 5.02 Å². The molecule has 0 fully saturated rings. The van der Waals surface area contributed by atoms with E-state index in [-0.39, 0.29) is 11.9 Å². The molecule has 1 aliphatic rings. The van der Waals surface area contributed by atoms with Crippen molar-refractivity contribution < 1.29 is 13.9 Å². The molecule has 0 N–H and O–H groups in total. The quantitative estimate of drug-likeness (QED) is 0.465. The Bertz CT molecular complexity index is 1160. The second-order valence-corrected chi connectivity index (χ2v) is 9.30. The fraction of sp³-hybridized carbons (Fsp3) is 0.320. The van der Waals surface area contributed by atoms with Crippen molar-refractivity contribution in [3.63, 3.8) is 0 Å². The minimum atomic E-state index is -0.499. The molecule has 4 rings (SSSR count). The van der Waals surface area contributed by atoms with Crippen LogP contribution in [0.4, 0.5) is 9.18 Å². The summed E-state index contributed by atoms with van der Waals surface area (Å²) < 4.78 is 21.8. The Morgan fingerprint density at radius 3 is 2.65 bits per heavy atom. The average Bonchev–Trinajstić information content (AvgIpc) is 3.11. The van der Waals surface area contributed by atoms with Crippen LogP contribution < -0.4 is 0 Å². The summed E-state index contributed by atoms with van der Waals surface area (Å²) in [5.74, 6) is -0.303. The maximum atomic E-state index is 14.3. The van der Waals surface area contributed by atoms with Crippen molar-refractivity contribution in [2.45, 2.75) is 39.3 Å². The lowest BCUT2D eigenvalue weighted by Crippen LogP contribution is -2.39. The third-order valence-corrected chi connectivity index (χ3v) is 5.60. The van der Waals surface area contributed by atoms with E-state index in [0.717, 1.165) is 22.9 Å². The number of fused-ring (bicyclic) bond motifs is 1. The van der Waals surface area contributed by atoms with Crippen LogP contribution in [0.25, 0.3) is 16.5 Å². The van der Waals surface area contributed by atoms with Gasteiger partial charge in [-0.15, -0.1) is 0 Å². The van der Waals surface area contributed by atoms with Crippen molar-refractivity contribution >= 4 is 34.2 Å². The molecule has 2 aromatic carbocycles. The topological polar surface area (TPSA) is 34.5 Å². The number of nitrogens with zero attached hydrogens (tertiary/aromatic N) is 2. The lowest BCUT2D eigenvalue weighted by atomic mass is 9.98. The summed E-state index contributed by atoms with van der Waals surface area (Å²) >= 11 is 5.88. The average molecular weight is 441 g/mol. The minimum absolute atomic E-state index is 0.280. The number of carbonyl (C=O) groups excluding carboxylic acids is 1. The van der Waals surface area contributed by atoms with Gasteiger partial charge < -0.3 is 14.2 Å². The third kappa shape index (κ3) is 4.93. The number of halogens is 2. The van der Waals surface area contributed by atoms with Gasteiger partial charge in [-0.3, -0.25) is 0 Å². The number of hydrogen-bond acceptors (Lipinski definition) is 2. The van der Waals surface area contributed by atoms with Gasteiger partial charge in [-0.2, -0.15) is 0 Å². The molecule has 2 heterocycles. The molecule has 1 aliphatic heterocycles. The maximum absolute atomic E-state index is 14.3. The second-order valence-electron chi connectivity index (χ2n) is 8.86. The lowest BCUT2D eigenvalue weighted by Gasteiger charge is -2.29. The van der Waals surface area contributed by atoms with Gasteiger partial charge >= 0.3 is 6.09 Å². The van der Waals surface area contributed by atoms with Gasteiger partial charge in [0.1, 0.15) is 11.4 Å². The van der Waals surface area contributed by atoms with E-state index in [9.17, 15) is 9.18 Å². The fourth-order valence-electron chi connectivity index (χ4n) is 3.78. The van der Waals surface area contributed by atoms with E-state index in [1.54, 1.807) is 17.0 Å². The first kappa shape index (κ1) is 21.4. The Balaban J connectivity index is 1.54. The largest absolute Gasteiger partial charge is 0.444 e. The van der Waals surface area contributed by atoms with Gasteiger partial charge in [0.2, 0.25) is 0 Å². The van der Waals surface area contributed by atoms with E-state index in [4.69, 9.17) is 16.3 Å². The zero-order valence-corrected chi connectivity index (χ0v) is 18.7. The molecule has 31 heavy (non-hydrogen) atoms. The first-order valence-electron chi connectivity index (χ1n) is 10.4. The second kappa shape index (κ2) is 8.39. The molecular weight excluding hydrogens is 415 g/mol. The van der Waals surface area contributed by atoms with Gasteiger partial charge in [0.25, 0.3) is 0 Å². The predicted molar refractivity (Wildman–Crippen MR) is 123 cm³/mol. The molecule has 1 aromatic heterocycles. The highest BCUT2D eigenvalue weighted by molar-refractivity contribution is 6.30. The van der Waals surface area contributed by atoms with Crippen LogP contribution in [0, 0.1) is 5.82 Å². The Hall–Kier alpha value is -2.79. The van der Waals surface area contributed by atoms with Gasteiger partial charge in [-0.05, 0) is 68.0 Å². The molecule has 0 unspecified atom stereocenters. The first-order valence-corrected chi connectivity index (χ1v) is 10.8. The number of amides is 1. The maximum Gasteiger partial charge on any atom is 0.410 e. The van der Waals surface area contributed by atoms with E-state index in [0.29, 0.717) is 30.2 Å². The molecule has 0 spiro atoms. The van der Waals surface area contributed by atoms with E-state index in [1.165, 1.54) is 11.6 Å². The Kier molecular flexibility index (Phi) is 5.80. The molecule has 0 bridgehead atoms. The summed E-state index contributed by atoms with van der Waals surface area (Å²) in [6, 6.07) is 13.1. The van der Waals surface area contributed by atoms with Crippen LogP contribution in [-0.2, 0) is 11.3 Å². The van der Waals surface area contributed by atoms with E-state index in [2.05, 4.69) is 24.3 Å². The van der Waals surface area contributed by atoms with Crippen molar-refractivity contribution in [1.82, 2.24) is 9.47 Å². The number of rotatable bonds is 3. The molecule has 0 atom stereocenters. The van der Waals surface area contributed by atoms with Gasteiger partial charge in [0.15, 0.2) is 0 Å². The monoisotopic (exact) mass is 440 g/mol. The van der Waals surface area contributed by atoms with Gasteiger partial charge in [0, 0.05) is 35.4 Å². The number of carbonyl (C=O) groups is 1. The molecule has 0 radical (unpaired) electrons. The summed E-state index contributed by atoms with van der Waals surface area (Å²) in [6.07, 6.45) is 4.54. The van der Waals surface area contributed by atoms with Crippen LogP contribution in [0.1, 0.15) is 38.3 Å². The number of aromatic nitrogens is 1. The molecule has 1 amide bonds. The van der Waals surface area contributed by atoms with Gasteiger partial charge in [0.05, 0.1) is 6.54 Å². The number of ether oxygens (including phenoxy) is 1. The van der Waals surface area contributed by atoms with Crippen LogP contribution >= 0.6 is 11.6 Å². The molecule has 162 valence electrons. The van der Waals surface area contributed by atoms with Crippen molar-refractivity contribution in [2.75, 3.05) is 13.1 Å². The molecule has 0 aliphatic carbocycles. The van der Waals surface area contributed by atoms with Crippen LogP contribution in [-0.4, -0.2) is 34.3 Å². The van der Waals surface area contributed by atoms with Crippen molar-refractivity contribution in [3.8, 4) is 0 Å². The number of hydrogen-bond donors (Lipinski definition) is 0. The summed E-state index contributed by atoms with van der Waals surface area (Å²) in [5.41, 5.74) is 3.46. The molecule has 6 heteroatoms. The lowest BCUT2D eigenvalue weighted by molar-refractivity contribution is 0.0270. The highest BCUT2D eigenvalue weighted by Crippen LogP contribution is 2.28. The van der Waals surface area contributed by atoms with Crippen LogP contribution in [0.3, 0.4) is 0 Å². The van der Waals surface area contributed by atoms with Gasteiger partial charge in [-0.1, -0.05) is 35.9 Å². The Morgan fingerprint density at radius 2 is 1.97 bits per heavy atom. The highest BCUT2D eigenvalue weighted by atomic mass is 35.5. The van der Waals surface area contributed by atoms with Crippen molar-refractivity contribution in [3.05, 3.63) is 76.7 Å². The first-order chi connectivity index (χ1) is 14.7. The SMILES string of the molecule is CC(C)(C)OC(=O)N1CC=C(c2ccc3ccn(Cc4ccc(Cl)cc4F)c3c2)CC1. The van der Waals surface area contributed by atoms with E-state index < -0.39 is 5.60 Å². The molecule has 0 saturated carbocycles. The zero-order valence-electron chi connectivity index (χ0n) is 18.0. The Morgan fingerprint density at radius 1 is 1.16 bits per heavy atom. The van der Waals surface area contributed by atoms with Gasteiger partial charge in [-0.25, -0.2) is 9.18 Å². The molecular formula is C25H26ClFN2O2. The minimum Gasteiger partial charge on any atom is -0.444 e. The standard InChI is InChI=1S/C25H26ClFN2O2/c1-25(2,3)31-24(30)28-11-8-17(9-12-28)19-5-4-18-10-13-29(23(18)14-19)16-20-6-7-21(26)15-22(20)27/h4-8,10,13-15H,9,11-12,16H2,1-3H3. The molecule has 0 saturated heterocycles. The third-order valence-electron chi connectivity index (χ3n) is 5.36. The van der Waals surface area contributed by atoms with Crippen molar-refractivity contribution in [1.29, 1.82) is 0 Å². The van der Waals surface area contributed by atoms with E-state index in [1.807, 2.05) is 37.6 Å². The predicted octanol–water partition coefficient (Wildman–Crippen LogP) is 6.51. The summed E-state index contributed by atoms with van der Waals surface area (Å²) in [5, 5.41) is 1.50. The summed E-state index contributed by atoms with van der Waals surface area (Å²) in [4.78, 5) is 14.0. The molecule has 3 aromatic rings. The smallest absolute Gasteiger partial charge is 0.410 e. The summed E-state index contributed by atoms with van der Waals surface area (Å²) in [7, 11) is 0. The summed E-state index contributed by atoms with van der Waals surface area (Å²) in [6.45, 7) is 7.19.